The van der Waals surface area contributed by atoms with Crippen molar-refractivity contribution in [1.29, 1.82) is 0 Å². The topological polar surface area (TPSA) is 75.4 Å². The van der Waals surface area contributed by atoms with Gasteiger partial charge in [0.2, 0.25) is 5.91 Å². The van der Waals surface area contributed by atoms with E-state index in [1.807, 2.05) is 13.8 Å². The number of carbonyl (C=O) groups excluding carboxylic acids is 2. The van der Waals surface area contributed by atoms with Crippen LogP contribution < -0.4 is 11.1 Å². The molecule has 6 heteroatoms. The molecule has 0 spiro atoms. The van der Waals surface area contributed by atoms with E-state index in [2.05, 4.69) is 5.32 Å². The molecule has 1 aromatic rings. The Morgan fingerprint density at radius 3 is 2.65 bits per heavy atom. The van der Waals surface area contributed by atoms with Crippen LogP contribution in [0, 0.1) is 11.7 Å². The van der Waals surface area contributed by atoms with Crippen molar-refractivity contribution in [2.75, 3.05) is 25.9 Å². The minimum absolute atomic E-state index is 0.125. The lowest BCUT2D eigenvalue weighted by molar-refractivity contribution is -0.121. The number of halogens is 1. The van der Waals surface area contributed by atoms with Gasteiger partial charge in [0.05, 0.1) is 12.1 Å². The smallest absolute Gasteiger partial charge is 0.257 e. The Kier molecular flexibility index (Phi) is 5.49. The van der Waals surface area contributed by atoms with Crippen LogP contribution in [0.4, 0.5) is 10.1 Å². The van der Waals surface area contributed by atoms with Crippen LogP contribution in [0.1, 0.15) is 24.2 Å². The number of hydrogen-bond donors (Lipinski definition) is 2. The fourth-order valence-electron chi connectivity index (χ4n) is 1.57. The van der Waals surface area contributed by atoms with Crippen LogP contribution in [0.2, 0.25) is 0 Å². The molecule has 0 saturated heterocycles. The molecule has 2 amide bonds. The fourth-order valence-corrected chi connectivity index (χ4v) is 1.57. The van der Waals surface area contributed by atoms with Gasteiger partial charge in [0.15, 0.2) is 0 Å². The van der Waals surface area contributed by atoms with Gasteiger partial charge < -0.3 is 16.0 Å². The Morgan fingerprint density at radius 1 is 1.40 bits per heavy atom. The summed E-state index contributed by atoms with van der Waals surface area (Å²) < 4.78 is 13.6. The normalized spacial score (nSPS) is 10.4. The predicted molar refractivity (Wildman–Crippen MR) is 75.6 cm³/mol. The quantitative estimate of drug-likeness (QED) is 0.798. The highest BCUT2D eigenvalue weighted by atomic mass is 19.1. The summed E-state index contributed by atoms with van der Waals surface area (Å²) in [6, 6.07) is 3.77. The number of carbonyl (C=O) groups is 2. The number of anilines is 1. The standard InChI is InChI=1S/C14H20FN3O2/c1-9(2)7-17-13(19)8-18(3)14(20)11-6-10(16)4-5-12(11)15/h4-6,9H,7-8,16H2,1-3H3,(H,17,19). The van der Waals surface area contributed by atoms with E-state index in [1.54, 1.807) is 0 Å². The lowest BCUT2D eigenvalue weighted by atomic mass is 10.1. The van der Waals surface area contributed by atoms with Crippen LogP contribution in [0.5, 0.6) is 0 Å². The van der Waals surface area contributed by atoms with Gasteiger partial charge in [-0.05, 0) is 24.1 Å². The summed E-state index contributed by atoms with van der Waals surface area (Å²) >= 11 is 0. The molecule has 0 aliphatic rings. The van der Waals surface area contributed by atoms with E-state index in [1.165, 1.54) is 19.2 Å². The summed E-state index contributed by atoms with van der Waals surface area (Å²) in [4.78, 5) is 24.8. The van der Waals surface area contributed by atoms with Gasteiger partial charge in [-0.2, -0.15) is 0 Å². The third-order valence-electron chi connectivity index (χ3n) is 2.66. The van der Waals surface area contributed by atoms with Gasteiger partial charge in [-0.25, -0.2) is 4.39 Å². The Morgan fingerprint density at radius 2 is 2.05 bits per heavy atom. The number of amides is 2. The molecule has 0 aromatic heterocycles. The molecule has 0 aliphatic carbocycles. The van der Waals surface area contributed by atoms with E-state index in [4.69, 9.17) is 5.73 Å². The summed E-state index contributed by atoms with van der Waals surface area (Å²) in [7, 11) is 1.44. The van der Waals surface area contributed by atoms with Crippen LogP contribution in [-0.4, -0.2) is 36.9 Å². The highest BCUT2D eigenvalue weighted by Crippen LogP contribution is 2.13. The van der Waals surface area contributed by atoms with Crippen molar-refractivity contribution in [3.8, 4) is 0 Å². The third kappa shape index (κ3) is 4.53. The first-order chi connectivity index (χ1) is 9.31. The maximum atomic E-state index is 13.6. The second-order valence-corrected chi connectivity index (χ2v) is 5.10. The number of rotatable bonds is 5. The number of hydrogen-bond acceptors (Lipinski definition) is 3. The Labute approximate surface area is 117 Å². The lowest BCUT2D eigenvalue weighted by Gasteiger charge is -2.18. The average molecular weight is 281 g/mol. The highest BCUT2D eigenvalue weighted by molar-refractivity contribution is 5.97. The molecule has 0 saturated carbocycles. The van der Waals surface area contributed by atoms with Gasteiger partial charge in [0, 0.05) is 19.3 Å². The monoisotopic (exact) mass is 281 g/mol. The maximum absolute atomic E-state index is 13.6. The highest BCUT2D eigenvalue weighted by Gasteiger charge is 2.18. The van der Waals surface area contributed by atoms with Crippen LogP contribution in [-0.2, 0) is 4.79 Å². The number of nitrogens with zero attached hydrogens (tertiary/aromatic N) is 1. The molecule has 0 heterocycles. The van der Waals surface area contributed by atoms with Gasteiger partial charge in [-0.1, -0.05) is 13.8 Å². The zero-order chi connectivity index (χ0) is 15.3. The molecule has 20 heavy (non-hydrogen) atoms. The van der Waals surface area contributed by atoms with Crippen LogP contribution in [0.15, 0.2) is 18.2 Å². The Bertz CT molecular complexity index is 503. The third-order valence-corrected chi connectivity index (χ3v) is 2.66. The molecule has 3 N–H and O–H groups in total. The van der Waals surface area contributed by atoms with Crippen molar-refractivity contribution < 1.29 is 14.0 Å². The molecule has 0 radical (unpaired) electrons. The fraction of sp³-hybridized carbons (Fsp3) is 0.429. The molecular weight excluding hydrogens is 261 g/mol. The van der Waals surface area contributed by atoms with Gasteiger partial charge in [-0.15, -0.1) is 0 Å². The van der Waals surface area contributed by atoms with E-state index in [-0.39, 0.29) is 18.0 Å². The van der Waals surface area contributed by atoms with Crippen LogP contribution >= 0.6 is 0 Å². The molecular formula is C14H20FN3O2. The maximum Gasteiger partial charge on any atom is 0.257 e. The van der Waals surface area contributed by atoms with E-state index in [0.717, 1.165) is 11.0 Å². The minimum atomic E-state index is -0.654. The average Bonchev–Trinajstić information content (AvgIpc) is 2.38. The number of nitrogen functional groups attached to an aromatic ring is 1. The Hall–Kier alpha value is -2.11. The summed E-state index contributed by atoms with van der Waals surface area (Å²) in [5.74, 6) is -1.18. The van der Waals surface area contributed by atoms with Crippen molar-refractivity contribution in [2.24, 2.45) is 5.92 Å². The lowest BCUT2D eigenvalue weighted by Crippen LogP contribution is -2.39. The van der Waals surface area contributed by atoms with E-state index >= 15 is 0 Å². The first-order valence-corrected chi connectivity index (χ1v) is 6.38. The zero-order valence-corrected chi connectivity index (χ0v) is 11.9. The molecule has 0 fully saturated rings. The molecule has 0 atom stereocenters. The van der Waals surface area contributed by atoms with E-state index in [0.29, 0.717) is 18.2 Å². The number of nitrogens with one attached hydrogen (secondary N) is 1. The largest absolute Gasteiger partial charge is 0.399 e. The molecule has 0 aliphatic heterocycles. The summed E-state index contributed by atoms with van der Waals surface area (Å²) in [6.07, 6.45) is 0. The van der Waals surface area contributed by atoms with Gasteiger partial charge in [0.25, 0.3) is 5.91 Å². The van der Waals surface area contributed by atoms with Crippen molar-refractivity contribution in [2.45, 2.75) is 13.8 Å². The van der Waals surface area contributed by atoms with Gasteiger partial charge >= 0.3 is 0 Å². The number of likely N-dealkylation sites (N-methyl/N-ethyl adjacent to an activating group) is 1. The first-order valence-electron chi connectivity index (χ1n) is 6.38. The second-order valence-electron chi connectivity index (χ2n) is 5.10. The van der Waals surface area contributed by atoms with Crippen molar-refractivity contribution in [3.63, 3.8) is 0 Å². The van der Waals surface area contributed by atoms with Crippen molar-refractivity contribution in [1.82, 2.24) is 10.2 Å². The van der Waals surface area contributed by atoms with Crippen molar-refractivity contribution in [3.05, 3.63) is 29.6 Å². The molecule has 5 nitrogen and oxygen atoms in total. The summed E-state index contributed by atoms with van der Waals surface area (Å²) in [6.45, 7) is 4.35. The SMILES string of the molecule is CC(C)CNC(=O)CN(C)C(=O)c1cc(N)ccc1F. The molecule has 0 bridgehead atoms. The van der Waals surface area contributed by atoms with Crippen LogP contribution in [0.3, 0.4) is 0 Å². The first kappa shape index (κ1) is 15.9. The number of nitrogens with two attached hydrogens (primary N) is 1. The summed E-state index contributed by atoms with van der Waals surface area (Å²) in [5, 5.41) is 2.69. The number of benzene rings is 1. The molecule has 110 valence electrons. The van der Waals surface area contributed by atoms with Gasteiger partial charge in [0.1, 0.15) is 5.82 Å². The van der Waals surface area contributed by atoms with E-state index in [9.17, 15) is 14.0 Å². The van der Waals surface area contributed by atoms with Crippen molar-refractivity contribution >= 4 is 17.5 Å². The summed E-state index contributed by atoms with van der Waals surface area (Å²) in [5.41, 5.74) is 5.69. The minimum Gasteiger partial charge on any atom is -0.399 e. The molecule has 1 rings (SSSR count). The Balaban J connectivity index is 2.67. The molecule has 0 unspecified atom stereocenters. The van der Waals surface area contributed by atoms with Gasteiger partial charge in [-0.3, -0.25) is 9.59 Å². The zero-order valence-electron chi connectivity index (χ0n) is 11.9. The molecule has 1 aromatic carbocycles. The second kappa shape index (κ2) is 6.88. The van der Waals surface area contributed by atoms with E-state index < -0.39 is 11.7 Å². The predicted octanol–water partition coefficient (Wildman–Crippen LogP) is 1.25. The van der Waals surface area contributed by atoms with Crippen LogP contribution in [0.25, 0.3) is 0 Å².